The van der Waals surface area contributed by atoms with Gasteiger partial charge in [-0.2, -0.15) is 0 Å². The molecule has 2 atom stereocenters. The highest BCUT2D eigenvalue weighted by molar-refractivity contribution is 6.30. The van der Waals surface area contributed by atoms with Gasteiger partial charge in [-0.1, -0.05) is 61.8 Å². The van der Waals surface area contributed by atoms with Gasteiger partial charge >= 0.3 is 0 Å². The number of rotatable bonds is 12. The van der Waals surface area contributed by atoms with Crippen molar-refractivity contribution in [2.75, 3.05) is 171 Å². The number of hydrogen-bond acceptors (Lipinski definition) is 21. The van der Waals surface area contributed by atoms with Crippen LogP contribution < -0.4 is 72.4 Å². The smallest absolute Gasteiger partial charge is 0.280 e. The monoisotopic (exact) mass is 1890 g/mol. The van der Waals surface area contributed by atoms with Gasteiger partial charge in [-0.3, -0.25) is 74.4 Å². The van der Waals surface area contributed by atoms with Crippen LogP contribution in [0.4, 0.5) is 32.8 Å². The number of anilines is 5. The molecule has 5 saturated heterocycles. The van der Waals surface area contributed by atoms with E-state index in [0.717, 1.165) is 235 Å². The Morgan fingerprint density at radius 3 is 0.957 bits per heavy atom. The normalized spacial score (nSPS) is 16.1. The molecule has 5 fully saturated rings. The molecule has 5 aliphatic rings. The van der Waals surface area contributed by atoms with Gasteiger partial charge in [-0.15, -0.1) is 0 Å². The number of nitrogens with zero attached hydrogens (tertiary/aromatic N) is 17. The topological polar surface area (TPSA) is 319 Å². The molecule has 0 bridgehead atoms. The molecule has 0 saturated carbocycles. The number of aromatic nitrogens is 15. The molecular weight excluding hydrogens is 1790 g/mol. The molecule has 33 heteroatoms. The van der Waals surface area contributed by atoms with Gasteiger partial charge in [-0.25, -0.2) is 27.8 Å². The second-order valence-electron chi connectivity index (χ2n) is 36.6. The Labute approximate surface area is 807 Å². The summed E-state index contributed by atoms with van der Waals surface area (Å²) < 4.78 is 33.3. The maximum Gasteiger partial charge on any atom is 0.280 e. The summed E-state index contributed by atoms with van der Waals surface area (Å²) in [4.78, 5) is 103. The van der Waals surface area contributed by atoms with Crippen LogP contribution in [0.5, 0.6) is 11.5 Å². The van der Waals surface area contributed by atoms with Crippen molar-refractivity contribution in [3.8, 4) is 39.9 Å². The molecule has 0 amide bonds. The average molecular weight is 1890 g/mol. The van der Waals surface area contributed by atoms with Gasteiger partial charge in [-0.05, 0) is 214 Å². The number of piperidine rings is 1. The van der Waals surface area contributed by atoms with E-state index < -0.39 is 0 Å². The molecule has 5 aliphatic heterocycles. The van der Waals surface area contributed by atoms with Crippen LogP contribution in [-0.2, 0) is 0 Å². The summed E-state index contributed by atoms with van der Waals surface area (Å²) in [6, 6.07) is 69.4. The Hall–Kier alpha value is -15.7. The third-order valence-corrected chi connectivity index (χ3v) is 27.6. The summed E-state index contributed by atoms with van der Waals surface area (Å²) >= 11 is 5.96. The Bertz CT molecular complexity index is 8310. The molecule has 0 spiro atoms. The first-order valence-electron chi connectivity index (χ1n) is 47.4. The molecule has 140 heavy (non-hydrogen) atoms. The second-order valence-corrected chi connectivity index (χ2v) is 37.0. The Balaban J connectivity index is 0.000000104. The quantitative estimate of drug-likeness (QED) is 0.0597. The number of pyridine rings is 5. The van der Waals surface area contributed by atoms with E-state index >= 15 is 4.39 Å². The molecule has 0 radical (unpaired) electrons. The number of aromatic amines is 5. The van der Waals surface area contributed by atoms with E-state index in [2.05, 4.69) is 184 Å². The number of nitrogens with one attached hydrogen (secondary N) is 7. The number of piperazine rings is 4. The number of fused-ring (bicyclic) bond motifs is 15. The molecule has 0 aliphatic carbocycles. The first-order valence-corrected chi connectivity index (χ1v) is 47.7. The molecule has 2 unspecified atom stereocenters. The molecule has 15 heterocycles. The standard InChI is InChI=1S/C23H23FN4O.2C22H23N5O2.C20H18ClN5O.C20H19N5O/c1-14-8-15(2)13-27(12-14)21-10-20-17(9-19(21)24)22-18(11-25-20)23(29)28(26-22)16-6-4-3-5-7-16;1-25-9-11-26(12-10-25)16-5-8-20-18(13-16)21-19(14-23-20)22(28)27(24-21)15-3-6-17(29-2)7-4-15;1-25-9-11-26(12-10-25)16-5-8-18-20(13-16)23-14-19-21(18)24-27(22(19)28)15-3-6-17(29-2)7-4-15;21-13-1-3-14(4-2-13)26-20(27)17-12-23-18-11-15(25-9-7-22-8-10-25)5-6-16(18)19(17)24-26;26-20-17-13-22-18-12-15(24-10-8-21-9-11-24)6-7-16(18)19(17)23-25(20)14-4-2-1-3-5-14/h3-7,9-11,14-15,26H,8,12-13H2,1-2H3;2*3-8,13-14,24H,9-12H2,1-2H3;1-6,11-12,22,24H,7-10H2;1-7,12-13,21,23H,8-11H2. The van der Waals surface area contributed by atoms with Gasteiger partial charge in [0.2, 0.25) is 0 Å². The lowest BCUT2D eigenvalue weighted by atomic mass is 9.91. The molecule has 20 aromatic rings. The van der Waals surface area contributed by atoms with Gasteiger partial charge in [0.15, 0.2) is 0 Å². The fourth-order valence-corrected chi connectivity index (χ4v) is 19.9. The number of para-hydroxylation sites is 2. The molecule has 710 valence electrons. The first-order chi connectivity index (χ1) is 68.3. The summed E-state index contributed by atoms with van der Waals surface area (Å²) in [5.74, 6) is 2.28. The number of benzene rings is 10. The summed E-state index contributed by atoms with van der Waals surface area (Å²) in [5, 5.41) is 30.8. The van der Waals surface area contributed by atoms with Crippen molar-refractivity contribution < 1.29 is 13.9 Å². The first kappa shape index (κ1) is 90.7. The summed E-state index contributed by atoms with van der Waals surface area (Å²) in [7, 11) is 7.55. The lowest BCUT2D eigenvalue weighted by molar-refractivity contribution is 0.313. The third kappa shape index (κ3) is 18.1. The van der Waals surface area contributed by atoms with Crippen molar-refractivity contribution in [2.45, 2.75) is 20.3 Å². The zero-order valence-electron chi connectivity index (χ0n) is 78.5. The minimum Gasteiger partial charge on any atom is -0.497 e. The third-order valence-electron chi connectivity index (χ3n) is 27.3. The van der Waals surface area contributed by atoms with Crippen LogP contribution in [0.3, 0.4) is 0 Å². The minimum atomic E-state index is -0.276. The molecular formula is C107H106ClFN24O7. The maximum atomic E-state index is 15.1. The number of likely N-dealkylation sites (N-methyl/N-ethyl adjacent to an activating group) is 2. The Morgan fingerprint density at radius 1 is 0.307 bits per heavy atom. The van der Waals surface area contributed by atoms with E-state index in [0.29, 0.717) is 65.9 Å². The van der Waals surface area contributed by atoms with Gasteiger partial charge in [0, 0.05) is 203 Å². The van der Waals surface area contributed by atoms with Crippen LogP contribution in [0.15, 0.2) is 273 Å². The number of halogens is 2. The van der Waals surface area contributed by atoms with E-state index in [4.69, 9.17) is 21.1 Å². The molecule has 7 N–H and O–H groups in total. The lowest BCUT2D eigenvalue weighted by Gasteiger charge is -2.36. The summed E-state index contributed by atoms with van der Waals surface area (Å²) in [6.45, 7) is 22.3. The predicted molar refractivity (Wildman–Crippen MR) is 559 cm³/mol. The van der Waals surface area contributed by atoms with Crippen LogP contribution in [0.1, 0.15) is 20.3 Å². The zero-order valence-corrected chi connectivity index (χ0v) is 79.2. The predicted octanol–water partition coefficient (Wildman–Crippen LogP) is 14.9. The SMILES string of the molecule is CC1CC(C)CN(c2cc3ncc4c(=O)n(-c5ccccc5)[nH]c4c3cc2F)C1.COc1ccc(-n2[nH]c3c(cnc4cc(N5CCN(C)CC5)ccc43)c2=O)cc1.COc1ccc(-n2[nH]c3c(cnc4ccc(N5CCN(C)CC5)cc43)c2=O)cc1.O=c1c2cnc3cc(N4CCNCC4)ccc3c2[nH]n1-c1ccc(Cl)cc1.O=c1c2cnc3cc(N4CCNCC4)ccc3c2[nH]n1-c1ccccc1. The highest BCUT2D eigenvalue weighted by atomic mass is 35.5. The largest absolute Gasteiger partial charge is 0.497 e. The van der Waals surface area contributed by atoms with E-state index in [1.165, 1.54) is 33.2 Å². The van der Waals surface area contributed by atoms with Crippen molar-refractivity contribution in [1.82, 2.24) is 94.3 Å². The number of H-pyrrole nitrogens is 5. The highest BCUT2D eigenvalue weighted by Crippen LogP contribution is 2.36. The Kier molecular flexibility index (Phi) is 25.3. The molecule has 10 aromatic heterocycles. The van der Waals surface area contributed by atoms with Crippen LogP contribution in [0, 0.1) is 17.7 Å². The number of hydrogen-bond donors (Lipinski definition) is 7. The van der Waals surface area contributed by atoms with E-state index in [9.17, 15) is 24.0 Å². The number of methoxy groups -OCH3 is 2. The van der Waals surface area contributed by atoms with Gasteiger partial charge in [0.25, 0.3) is 27.8 Å². The van der Waals surface area contributed by atoms with Crippen molar-refractivity contribution >= 4 is 149 Å². The zero-order chi connectivity index (χ0) is 95.9. The van der Waals surface area contributed by atoms with E-state index in [1.807, 2.05) is 140 Å². The lowest BCUT2D eigenvalue weighted by Crippen LogP contribution is -2.44. The van der Waals surface area contributed by atoms with Crippen molar-refractivity contribution in [2.24, 2.45) is 11.8 Å². The van der Waals surface area contributed by atoms with E-state index in [-0.39, 0.29) is 33.6 Å². The molecule has 31 nitrogen and oxygen atoms in total. The van der Waals surface area contributed by atoms with Crippen molar-refractivity contribution in [3.63, 3.8) is 0 Å². The van der Waals surface area contributed by atoms with Gasteiger partial charge in [0.1, 0.15) is 17.3 Å². The second kappa shape index (κ2) is 39.0. The van der Waals surface area contributed by atoms with Gasteiger partial charge in [0.05, 0.1) is 130 Å². The molecule has 10 aromatic carbocycles. The summed E-state index contributed by atoms with van der Waals surface area (Å²) in [6.07, 6.45) is 9.41. The average Bonchev–Trinajstić information content (AvgIpc) is 1.50. The summed E-state index contributed by atoms with van der Waals surface area (Å²) in [5.41, 5.74) is 16.5. The van der Waals surface area contributed by atoms with Crippen molar-refractivity contribution in [3.05, 3.63) is 312 Å². The van der Waals surface area contributed by atoms with Crippen molar-refractivity contribution in [1.29, 1.82) is 0 Å². The number of ether oxygens (including phenoxy) is 2. The van der Waals surface area contributed by atoms with E-state index in [1.54, 1.807) is 71.4 Å². The van der Waals surface area contributed by atoms with Gasteiger partial charge < -0.3 is 54.4 Å². The fraction of sp³-hybridized carbons (Fsp3) is 0.252. The highest BCUT2D eigenvalue weighted by Gasteiger charge is 2.28. The van der Waals surface area contributed by atoms with Crippen LogP contribution in [-0.4, -0.2) is 230 Å². The maximum absolute atomic E-state index is 15.1. The molecule has 25 rings (SSSR count). The van der Waals surface area contributed by atoms with Crippen LogP contribution >= 0.6 is 11.6 Å². The Morgan fingerprint density at radius 2 is 0.600 bits per heavy atom. The minimum absolute atomic E-state index is 0.0771. The van der Waals surface area contributed by atoms with Crippen LogP contribution in [0.25, 0.3) is 137 Å². The fourth-order valence-electron chi connectivity index (χ4n) is 19.7. The van der Waals surface area contributed by atoms with Crippen LogP contribution in [0.2, 0.25) is 5.02 Å².